The van der Waals surface area contributed by atoms with Gasteiger partial charge in [0, 0.05) is 13.8 Å². The Morgan fingerprint density at radius 2 is 1.24 bits per heavy atom. The van der Waals surface area contributed by atoms with Gasteiger partial charge in [-0.25, -0.2) is 20.2 Å². The minimum atomic E-state index is -1.18. The van der Waals surface area contributed by atoms with Crippen molar-refractivity contribution < 1.29 is 19.7 Å². The highest BCUT2D eigenvalue weighted by Gasteiger charge is 2.58. The number of hydrazine groups is 2. The molecule has 0 aliphatic carbocycles. The number of hydrogen-bond donors (Lipinski definition) is 0. The van der Waals surface area contributed by atoms with Crippen LogP contribution in [0, 0.1) is 20.2 Å². The van der Waals surface area contributed by atoms with Crippen LogP contribution < -0.4 is 0 Å². The lowest BCUT2D eigenvalue weighted by Gasteiger charge is -2.37. The van der Waals surface area contributed by atoms with Crippen LogP contribution in [0.15, 0.2) is 0 Å². The minimum absolute atomic E-state index is 0.214. The van der Waals surface area contributed by atoms with Gasteiger partial charge >= 0.3 is 0 Å². The van der Waals surface area contributed by atoms with E-state index in [4.69, 9.17) is 0 Å². The Morgan fingerprint density at radius 3 is 1.48 bits per heavy atom. The first-order valence-electron chi connectivity index (χ1n) is 6.12. The Labute approximate surface area is 118 Å². The highest BCUT2D eigenvalue weighted by Crippen LogP contribution is 2.30. The number of nitro groups is 2. The van der Waals surface area contributed by atoms with Gasteiger partial charge in [-0.1, -0.05) is 10.0 Å². The van der Waals surface area contributed by atoms with Crippen molar-refractivity contribution in [3.63, 3.8) is 0 Å². The third-order valence-electron chi connectivity index (χ3n) is 3.61. The summed E-state index contributed by atoms with van der Waals surface area (Å²) in [5, 5.41) is 22.4. The molecule has 12 heteroatoms. The molecular weight excluding hydrogens is 288 g/mol. The normalized spacial score (nSPS) is 24.9. The van der Waals surface area contributed by atoms with E-state index < -0.39 is 34.2 Å². The summed E-state index contributed by atoms with van der Waals surface area (Å²) in [7, 11) is 0. The van der Waals surface area contributed by atoms with E-state index in [-0.39, 0.29) is 19.8 Å². The maximum absolute atomic E-state index is 11.7. The molecule has 21 heavy (non-hydrogen) atoms. The lowest BCUT2D eigenvalue weighted by molar-refractivity contribution is -0.712. The molecule has 2 rings (SSSR count). The third-order valence-corrected chi connectivity index (χ3v) is 3.61. The van der Waals surface area contributed by atoms with Gasteiger partial charge in [0.2, 0.25) is 24.1 Å². The summed E-state index contributed by atoms with van der Waals surface area (Å²) in [5.74, 6) is -0.989. The van der Waals surface area contributed by atoms with Crippen LogP contribution in [-0.4, -0.2) is 73.8 Å². The summed E-state index contributed by atoms with van der Waals surface area (Å²) < 4.78 is 0. The van der Waals surface area contributed by atoms with Crippen molar-refractivity contribution in [3.8, 4) is 0 Å². The summed E-state index contributed by atoms with van der Waals surface area (Å²) in [5.41, 5.74) is 0. The summed E-state index contributed by atoms with van der Waals surface area (Å²) >= 11 is 0. The SMILES string of the molecule is CC(=O)N1CN(C(C)=O)C2C1N([N+](=O)[O-])CCN2[N+](=O)[O-]. The van der Waals surface area contributed by atoms with Crippen LogP contribution in [0.5, 0.6) is 0 Å². The number of rotatable bonds is 2. The molecule has 2 atom stereocenters. The van der Waals surface area contributed by atoms with E-state index in [9.17, 15) is 29.8 Å². The Kier molecular flexibility index (Phi) is 3.53. The molecule has 2 heterocycles. The molecule has 2 fully saturated rings. The number of carbonyl (C=O) groups is 2. The van der Waals surface area contributed by atoms with Crippen LogP contribution in [0.1, 0.15) is 13.8 Å². The van der Waals surface area contributed by atoms with Crippen LogP contribution in [0.25, 0.3) is 0 Å². The second-order valence-corrected chi connectivity index (χ2v) is 4.75. The molecule has 2 unspecified atom stereocenters. The lowest BCUT2D eigenvalue weighted by Crippen LogP contribution is -2.67. The van der Waals surface area contributed by atoms with E-state index in [0.29, 0.717) is 0 Å². The Balaban J connectivity index is 2.46. The average molecular weight is 302 g/mol. The molecule has 116 valence electrons. The van der Waals surface area contributed by atoms with E-state index in [0.717, 1.165) is 19.8 Å². The molecule has 2 aliphatic heterocycles. The van der Waals surface area contributed by atoms with Crippen LogP contribution in [-0.2, 0) is 9.59 Å². The van der Waals surface area contributed by atoms with E-state index in [2.05, 4.69) is 0 Å². The van der Waals surface area contributed by atoms with Crippen LogP contribution >= 0.6 is 0 Å². The topological polar surface area (TPSA) is 133 Å². The highest BCUT2D eigenvalue weighted by atomic mass is 16.7. The van der Waals surface area contributed by atoms with Gasteiger partial charge in [-0.05, 0) is 0 Å². The van der Waals surface area contributed by atoms with Crippen molar-refractivity contribution in [2.24, 2.45) is 0 Å². The van der Waals surface area contributed by atoms with Crippen molar-refractivity contribution in [2.45, 2.75) is 26.2 Å². The van der Waals surface area contributed by atoms with Crippen molar-refractivity contribution in [1.29, 1.82) is 0 Å². The van der Waals surface area contributed by atoms with E-state index in [1.165, 1.54) is 13.8 Å². The zero-order valence-corrected chi connectivity index (χ0v) is 11.4. The summed E-state index contributed by atoms with van der Waals surface area (Å²) in [6.45, 7) is 1.75. The minimum Gasteiger partial charge on any atom is -0.296 e. The maximum atomic E-state index is 11.7. The smallest absolute Gasteiger partial charge is 0.222 e. The number of piperazine rings is 1. The molecule has 2 saturated heterocycles. The largest absolute Gasteiger partial charge is 0.296 e. The first-order valence-corrected chi connectivity index (χ1v) is 6.12. The second-order valence-electron chi connectivity index (χ2n) is 4.75. The van der Waals surface area contributed by atoms with Gasteiger partial charge in [-0.2, -0.15) is 0 Å². The quantitative estimate of drug-likeness (QED) is 0.435. The van der Waals surface area contributed by atoms with E-state index in [1.54, 1.807) is 0 Å². The third kappa shape index (κ3) is 2.28. The molecule has 2 aliphatic rings. The van der Waals surface area contributed by atoms with Crippen molar-refractivity contribution >= 4 is 11.8 Å². The summed E-state index contributed by atoms with van der Waals surface area (Å²) in [4.78, 5) is 47.7. The fraction of sp³-hybridized carbons (Fsp3) is 0.778. The van der Waals surface area contributed by atoms with Gasteiger partial charge in [0.05, 0.1) is 0 Å². The van der Waals surface area contributed by atoms with Gasteiger partial charge in [0.25, 0.3) is 0 Å². The molecule has 0 spiro atoms. The Bertz CT molecular complexity index is 467. The molecular formula is C9H14N6O6. The monoisotopic (exact) mass is 302 g/mol. The lowest BCUT2D eigenvalue weighted by atomic mass is 10.2. The number of amides is 2. The van der Waals surface area contributed by atoms with Gasteiger partial charge in [0.15, 0.2) is 10.1 Å². The fourth-order valence-corrected chi connectivity index (χ4v) is 2.68. The van der Waals surface area contributed by atoms with E-state index >= 15 is 0 Å². The van der Waals surface area contributed by atoms with Crippen molar-refractivity contribution in [2.75, 3.05) is 19.8 Å². The zero-order valence-electron chi connectivity index (χ0n) is 11.4. The molecule has 0 aromatic heterocycles. The zero-order chi connectivity index (χ0) is 15.9. The number of carbonyl (C=O) groups excluding carboxylic acids is 2. The molecule has 0 aromatic rings. The van der Waals surface area contributed by atoms with Crippen molar-refractivity contribution in [1.82, 2.24) is 19.8 Å². The molecule has 0 N–H and O–H groups in total. The maximum Gasteiger partial charge on any atom is 0.222 e. The van der Waals surface area contributed by atoms with Gasteiger partial charge in [0.1, 0.15) is 19.8 Å². The number of hydrogen-bond acceptors (Lipinski definition) is 6. The number of nitrogens with zero attached hydrogens (tertiary/aromatic N) is 6. The predicted molar refractivity (Wildman–Crippen MR) is 64.9 cm³/mol. The molecule has 0 saturated carbocycles. The summed E-state index contributed by atoms with van der Waals surface area (Å²) in [6.07, 6.45) is -2.36. The second kappa shape index (κ2) is 5.03. The van der Waals surface area contributed by atoms with Crippen LogP contribution in [0.3, 0.4) is 0 Å². The molecule has 12 nitrogen and oxygen atoms in total. The van der Waals surface area contributed by atoms with Gasteiger partial charge < -0.3 is 0 Å². The number of fused-ring (bicyclic) bond motifs is 1. The molecule has 0 radical (unpaired) electrons. The highest BCUT2D eigenvalue weighted by molar-refractivity contribution is 5.78. The molecule has 0 aromatic carbocycles. The predicted octanol–water partition coefficient (Wildman–Crippen LogP) is -1.69. The molecule has 2 amide bonds. The van der Waals surface area contributed by atoms with Gasteiger partial charge in [-0.3, -0.25) is 19.4 Å². The molecule has 0 bridgehead atoms. The van der Waals surface area contributed by atoms with E-state index in [1.807, 2.05) is 0 Å². The first kappa shape index (κ1) is 14.7. The first-order chi connectivity index (χ1) is 9.75. The Hall–Kier alpha value is -2.66. The Morgan fingerprint density at radius 1 is 0.905 bits per heavy atom. The fourth-order valence-electron chi connectivity index (χ4n) is 2.68. The van der Waals surface area contributed by atoms with Gasteiger partial charge in [-0.15, -0.1) is 0 Å². The van der Waals surface area contributed by atoms with Crippen LogP contribution in [0.2, 0.25) is 0 Å². The average Bonchev–Trinajstić information content (AvgIpc) is 2.77. The summed E-state index contributed by atoms with van der Waals surface area (Å²) in [6, 6.07) is 0. The van der Waals surface area contributed by atoms with Crippen molar-refractivity contribution in [3.05, 3.63) is 20.2 Å². The van der Waals surface area contributed by atoms with Crippen LogP contribution in [0.4, 0.5) is 0 Å². The standard InChI is InChI=1S/C9H14N6O6/c1-6(16)10-5-11(7(2)17)9-8(10)12(14(18)19)3-4-13(9)15(20)21/h8-9H,3-5H2,1-2H3.